The number of rotatable bonds is 6. The van der Waals surface area contributed by atoms with Crippen LogP contribution in [-0.4, -0.2) is 72.2 Å². The summed E-state index contributed by atoms with van der Waals surface area (Å²) in [6.07, 6.45) is 0.801. The first kappa shape index (κ1) is 20.0. The maximum atomic E-state index is 12.3. The highest BCUT2D eigenvalue weighted by atomic mass is 16.5. The van der Waals surface area contributed by atoms with E-state index < -0.39 is 6.04 Å². The van der Waals surface area contributed by atoms with E-state index in [9.17, 15) is 14.4 Å². The Morgan fingerprint density at radius 1 is 1.11 bits per heavy atom. The van der Waals surface area contributed by atoms with Crippen LogP contribution in [0, 0.1) is 0 Å². The third-order valence-electron chi connectivity index (χ3n) is 4.83. The van der Waals surface area contributed by atoms with Gasteiger partial charge in [-0.05, 0) is 12.5 Å². The molecule has 1 aromatic carbocycles. The number of hydrazone groups is 1. The van der Waals surface area contributed by atoms with Gasteiger partial charge in [0.1, 0.15) is 6.04 Å². The van der Waals surface area contributed by atoms with Crippen LogP contribution in [-0.2, 0) is 19.1 Å². The van der Waals surface area contributed by atoms with Crippen molar-refractivity contribution in [2.75, 3.05) is 32.8 Å². The fourth-order valence-corrected chi connectivity index (χ4v) is 3.25. The molecule has 1 fully saturated rings. The molecule has 1 saturated heterocycles. The van der Waals surface area contributed by atoms with E-state index in [2.05, 4.69) is 10.4 Å². The quantitative estimate of drug-likeness (QED) is 0.782. The van der Waals surface area contributed by atoms with Crippen molar-refractivity contribution in [2.24, 2.45) is 5.10 Å². The molecule has 2 aliphatic rings. The van der Waals surface area contributed by atoms with Crippen molar-refractivity contribution in [1.82, 2.24) is 15.2 Å². The Hall–Kier alpha value is -2.74. The maximum Gasteiger partial charge on any atom is 0.245 e. The molecule has 0 aliphatic carbocycles. The summed E-state index contributed by atoms with van der Waals surface area (Å²) >= 11 is 0. The van der Waals surface area contributed by atoms with Gasteiger partial charge in [0.2, 0.25) is 17.7 Å². The lowest BCUT2D eigenvalue weighted by Gasteiger charge is -2.29. The summed E-state index contributed by atoms with van der Waals surface area (Å²) in [5.41, 5.74) is 1.88. The molecule has 8 heteroatoms. The minimum Gasteiger partial charge on any atom is -0.378 e. The first-order valence-corrected chi connectivity index (χ1v) is 9.64. The number of ether oxygens (including phenoxy) is 1. The molecule has 0 saturated carbocycles. The summed E-state index contributed by atoms with van der Waals surface area (Å²) in [4.78, 5) is 38.5. The molecule has 3 rings (SSSR count). The SMILES string of the molecule is CC(NC(=O)CCC(=O)N1CCC(c2ccccc2)=N1)C(=O)N1CCOCC1. The molecule has 2 aliphatic heterocycles. The van der Waals surface area contributed by atoms with Crippen molar-refractivity contribution in [1.29, 1.82) is 0 Å². The van der Waals surface area contributed by atoms with E-state index in [1.54, 1.807) is 11.8 Å². The number of hydrogen-bond donors (Lipinski definition) is 1. The highest BCUT2D eigenvalue weighted by Gasteiger charge is 2.25. The molecule has 0 radical (unpaired) electrons. The van der Waals surface area contributed by atoms with Crippen LogP contribution in [0.3, 0.4) is 0 Å². The zero-order valence-corrected chi connectivity index (χ0v) is 16.1. The molecule has 1 unspecified atom stereocenters. The van der Waals surface area contributed by atoms with Crippen LogP contribution in [0.1, 0.15) is 31.7 Å². The van der Waals surface area contributed by atoms with Gasteiger partial charge >= 0.3 is 0 Å². The van der Waals surface area contributed by atoms with Gasteiger partial charge < -0.3 is 15.0 Å². The van der Waals surface area contributed by atoms with Gasteiger partial charge in [-0.25, -0.2) is 5.01 Å². The Bertz CT molecular complexity index is 744. The van der Waals surface area contributed by atoms with Gasteiger partial charge in [0, 0.05) is 32.4 Å². The average molecular weight is 386 g/mol. The molecular formula is C20H26N4O4. The summed E-state index contributed by atoms with van der Waals surface area (Å²) in [7, 11) is 0. The van der Waals surface area contributed by atoms with Gasteiger partial charge in [0.15, 0.2) is 0 Å². The van der Waals surface area contributed by atoms with Gasteiger partial charge in [-0.1, -0.05) is 30.3 Å². The maximum absolute atomic E-state index is 12.3. The highest BCUT2D eigenvalue weighted by Crippen LogP contribution is 2.15. The van der Waals surface area contributed by atoms with E-state index in [1.807, 2.05) is 30.3 Å². The molecule has 8 nitrogen and oxygen atoms in total. The fraction of sp³-hybridized carbons (Fsp3) is 0.500. The predicted octanol–water partition coefficient (Wildman–Crippen LogP) is 0.767. The van der Waals surface area contributed by atoms with E-state index in [1.165, 1.54) is 5.01 Å². The minimum absolute atomic E-state index is 0.0340. The summed E-state index contributed by atoms with van der Waals surface area (Å²) < 4.78 is 5.23. The van der Waals surface area contributed by atoms with Gasteiger partial charge in [-0.2, -0.15) is 5.10 Å². The number of amides is 3. The molecule has 2 heterocycles. The van der Waals surface area contributed by atoms with Crippen molar-refractivity contribution in [3.63, 3.8) is 0 Å². The number of carbonyl (C=O) groups is 3. The zero-order chi connectivity index (χ0) is 19.9. The lowest BCUT2D eigenvalue weighted by atomic mass is 10.1. The molecule has 1 atom stereocenters. The Morgan fingerprint density at radius 2 is 1.82 bits per heavy atom. The molecular weight excluding hydrogens is 360 g/mol. The Morgan fingerprint density at radius 3 is 2.54 bits per heavy atom. The molecule has 1 aromatic rings. The van der Waals surface area contributed by atoms with E-state index in [0.29, 0.717) is 39.3 Å². The fourth-order valence-electron chi connectivity index (χ4n) is 3.25. The molecule has 0 aromatic heterocycles. The third kappa shape index (κ3) is 5.16. The van der Waals surface area contributed by atoms with E-state index >= 15 is 0 Å². The molecule has 1 N–H and O–H groups in total. The van der Waals surface area contributed by atoms with Crippen LogP contribution < -0.4 is 5.32 Å². The highest BCUT2D eigenvalue weighted by molar-refractivity contribution is 6.02. The molecule has 3 amide bonds. The second kappa shape index (κ2) is 9.45. The van der Waals surface area contributed by atoms with Crippen LogP contribution >= 0.6 is 0 Å². The van der Waals surface area contributed by atoms with E-state index in [0.717, 1.165) is 11.3 Å². The molecule has 150 valence electrons. The third-order valence-corrected chi connectivity index (χ3v) is 4.83. The van der Waals surface area contributed by atoms with Crippen LogP contribution in [0.2, 0.25) is 0 Å². The van der Waals surface area contributed by atoms with E-state index in [4.69, 9.17) is 4.74 Å². The monoisotopic (exact) mass is 386 g/mol. The average Bonchev–Trinajstić information content (AvgIpc) is 3.23. The van der Waals surface area contributed by atoms with Gasteiger partial charge in [-0.15, -0.1) is 0 Å². The first-order chi connectivity index (χ1) is 13.5. The number of hydrogen-bond acceptors (Lipinski definition) is 5. The second-order valence-electron chi connectivity index (χ2n) is 6.91. The lowest BCUT2D eigenvalue weighted by Crippen LogP contribution is -2.50. The number of carbonyl (C=O) groups excluding carboxylic acids is 3. The number of nitrogens with one attached hydrogen (secondary N) is 1. The topological polar surface area (TPSA) is 91.3 Å². The number of morpholine rings is 1. The van der Waals surface area contributed by atoms with Crippen LogP contribution in [0.25, 0.3) is 0 Å². The van der Waals surface area contributed by atoms with Crippen molar-refractivity contribution < 1.29 is 19.1 Å². The Labute approximate surface area is 164 Å². The van der Waals surface area contributed by atoms with Crippen molar-refractivity contribution in [2.45, 2.75) is 32.2 Å². The summed E-state index contributed by atoms with van der Waals surface area (Å²) in [5, 5.41) is 8.49. The largest absolute Gasteiger partial charge is 0.378 e. The molecule has 0 bridgehead atoms. The zero-order valence-electron chi connectivity index (χ0n) is 16.1. The van der Waals surface area contributed by atoms with Gasteiger partial charge in [0.25, 0.3) is 0 Å². The summed E-state index contributed by atoms with van der Waals surface area (Å²) in [6, 6.07) is 9.12. The number of benzene rings is 1. The first-order valence-electron chi connectivity index (χ1n) is 9.64. The lowest BCUT2D eigenvalue weighted by molar-refractivity contribution is -0.139. The summed E-state index contributed by atoms with van der Waals surface area (Å²) in [5.74, 6) is -0.623. The van der Waals surface area contributed by atoms with Crippen LogP contribution in [0.5, 0.6) is 0 Å². The molecule has 28 heavy (non-hydrogen) atoms. The van der Waals surface area contributed by atoms with E-state index in [-0.39, 0.29) is 30.6 Å². The van der Waals surface area contributed by atoms with Crippen molar-refractivity contribution in [3.8, 4) is 0 Å². The van der Waals surface area contributed by atoms with Crippen molar-refractivity contribution >= 4 is 23.4 Å². The Kier molecular flexibility index (Phi) is 6.76. The van der Waals surface area contributed by atoms with Gasteiger partial charge in [0.05, 0.1) is 25.5 Å². The van der Waals surface area contributed by atoms with Gasteiger partial charge in [-0.3, -0.25) is 14.4 Å². The van der Waals surface area contributed by atoms with Crippen LogP contribution in [0.15, 0.2) is 35.4 Å². The van der Waals surface area contributed by atoms with Crippen LogP contribution in [0.4, 0.5) is 0 Å². The number of nitrogens with zero attached hydrogens (tertiary/aromatic N) is 3. The minimum atomic E-state index is -0.616. The normalized spacial score (nSPS) is 17.8. The second-order valence-corrected chi connectivity index (χ2v) is 6.91. The smallest absolute Gasteiger partial charge is 0.245 e. The Balaban J connectivity index is 1.43. The predicted molar refractivity (Wildman–Crippen MR) is 104 cm³/mol. The standard InChI is InChI=1S/C20H26N4O4/c1-15(20(27)23-11-13-28-14-12-23)21-18(25)7-8-19(26)24-10-9-17(22-24)16-5-3-2-4-6-16/h2-6,15H,7-14H2,1H3,(H,21,25). The summed E-state index contributed by atoms with van der Waals surface area (Å²) in [6.45, 7) is 4.29. The molecule has 0 spiro atoms. The van der Waals surface area contributed by atoms with Crippen molar-refractivity contribution in [3.05, 3.63) is 35.9 Å².